The summed E-state index contributed by atoms with van der Waals surface area (Å²) in [5.74, 6) is 1.27. The molecule has 0 bridgehead atoms. The predicted octanol–water partition coefficient (Wildman–Crippen LogP) is 1.24. The molecule has 1 heterocycles. The molecule has 0 spiro atoms. The van der Waals surface area contributed by atoms with Crippen molar-refractivity contribution in [3.05, 3.63) is 17.5 Å². The average molecular weight is 315 g/mol. The smallest absolute Gasteiger partial charge is 0.208 e. The lowest BCUT2D eigenvalue weighted by Crippen LogP contribution is -2.58. The number of sulfonamides is 1. The molecule has 1 aromatic rings. The van der Waals surface area contributed by atoms with Gasteiger partial charge in [-0.15, -0.1) is 0 Å². The van der Waals surface area contributed by atoms with Crippen LogP contribution in [0.15, 0.2) is 10.6 Å². The van der Waals surface area contributed by atoms with E-state index in [1.807, 2.05) is 25.1 Å². The zero-order chi connectivity index (χ0) is 15.8. The monoisotopic (exact) mass is 315 g/mol. The third-order valence-corrected chi connectivity index (χ3v) is 5.07. The van der Waals surface area contributed by atoms with Crippen LogP contribution in [0.2, 0.25) is 0 Å². The molecule has 21 heavy (non-hydrogen) atoms. The molecule has 1 aromatic heterocycles. The predicted molar refractivity (Wildman–Crippen MR) is 81.3 cm³/mol. The molecule has 2 rings (SSSR count). The normalized spacial score (nSPS) is 25.0. The van der Waals surface area contributed by atoms with Crippen molar-refractivity contribution in [2.24, 2.45) is 11.3 Å². The minimum absolute atomic E-state index is 0.00523. The second-order valence-corrected chi connectivity index (χ2v) is 8.70. The van der Waals surface area contributed by atoms with Crippen LogP contribution in [-0.4, -0.2) is 44.9 Å². The fourth-order valence-electron chi connectivity index (χ4n) is 2.91. The van der Waals surface area contributed by atoms with Gasteiger partial charge in [-0.1, -0.05) is 19.0 Å². The summed E-state index contributed by atoms with van der Waals surface area (Å²) in [6.07, 6.45) is 2.88. The Morgan fingerprint density at radius 1 is 1.48 bits per heavy atom. The Balaban J connectivity index is 1.94. The van der Waals surface area contributed by atoms with Gasteiger partial charge in [0.1, 0.15) is 0 Å². The Morgan fingerprint density at radius 3 is 2.67 bits per heavy atom. The number of rotatable bonds is 6. The van der Waals surface area contributed by atoms with E-state index in [0.29, 0.717) is 5.92 Å². The van der Waals surface area contributed by atoms with Gasteiger partial charge in [0.15, 0.2) is 5.76 Å². The summed E-state index contributed by atoms with van der Waals surface area (Å²) in [6.45, 7) is 4.94. The van der Waals surface area contributed by atoms with Crippen LogP contribution in [0.5, 0.6) is 0 Å². The van der Waals surface area contributed by atoms with E-state index in [0.717, 1.165) is 30.8 Å². The van der Waals surface area contributed by atoms with E-state index in [9.17, 15) is 8.42 Å². The van der Waals surface area contributed by atoms with Crippen molar-refractivity contribution in [3.63, 3.8) is 0 Å². The lowest BCUT2D eigenvalue weighted by Gasteiger charge is -2.52. The van der Waals surface area contributed by atoms with Crippen molar-refractivity contribution < 1.29 is 12.9 Å². The van der Waals surface area contributed by atoms with E-state index in [1.165, 1.54) is 6.26 Å². The Bertz CT molecular complexity index is 592. The number of aromatic nitrogens is 1. The summed E-state index contributed by atoms with van der Waals surface area (Å²) < 4.78 is 30.7. The lowest BCUT2D eigenvalue weighted by molar-refractivity contribution is 0.0271. The van der Waals surface area contributed by atoms with Crippen molar-refractivity contribution in [3.8, 4) is 0 Å². The third-order valence-electron chi connectivity index (χ3n) is 4.36. The van der Waals surface area contributed by atoms with E-state index >= 15 is 0 Å². The first-order valence-electron chi connectivity index (χ1n) is 7.14. The summed E-state index contributed by atoms with van der Waals surface area (Å²) in [5, 5.41) is 4.12. The quantitative estimate of drug-likeness (QED) is 0.855. The number of hydrogen-bond acceptors (Lipinski definition) is 5. The van der Waals surface area contributed by atoms with E-state index < -0.39 is 10.0 Å². The molecule has 2 unspecified atom stereocenters. The number of nitrogens with one attached hydrogen (secondary N) is 1. The van der Waals surface area contributed by atoms with Crippen LogP contribution in [0.25, 0.3) is 0 Å². The standard InChI is InChI=1S/C14H25N3O3S/c1-14(2)10(7-13(14)16-21(5,18)19)6-11-8-12(20-15-11)9-17(3)4/h8,10,13,16H,6-7,9H2,1-5H3. The molecule has 2 atom stereocenters. The first-order valence-corrected chi connectivity index (χ1v) is 9.03. The van der Waals surface area contributed by atoms with E-state index in [2.05, 4.69) is 23.7 Å². The Morgan fingerprint density at radius 2 is 2.14 bits per heavy atom. The van der Waals surface area contributed by atoms with Gasteiger partial charge < -0.3 is 9.42 Å². The van der Waals surface area contributed by atoms with Gasteiger partial charge >= 0.3 is 0 Å². The Labute approximate surface area is 126 Å². The summed E-state index contributed by atoms with van der Waals surface area (Å²) in [6, 6.07) is 2.00. The highest BCUT2D eigenvalue weighted by molar-refractivity contribution is 7.88. The van der Waals surface area contributed by atoms with Crippen LogP contribution >= 0.6 is 0 Å². The maximum atomic E-state index is 11.4. The van der Waals surface area contributed by atoms with Crippen LogP contribution in [0.3, 0.4) is 0 Å². The largest absolute Gasteiger partial charge is 0.360 e. The fraction of sp³-hybridized carbons (Fsp3) is 0.786. The molecule has 6 nitrogen and oxygen atoms in total. The van der Waals surface area contributed by atoms with Gasteiger partial charge in [0.05, 0.1) is 18.5 Å². The molecule has 1 fully saturated rings. The molecule has 0 radical (unpaired) electrons. The molecule has 0 saturated heterocycles. The Hall–Kier alpha value is -0.920. The molecule has 1 N–H and O–H groups in total. The SMILES string of the molecule is CN(C)Cc1cc(CC2CC(NS(C)(=O)=O)C2(C)C)no1. The molecule has 0 aromatic carbocycles. The molecule has 0 amide bonds. The van der Waals surface area contributed by atoms with Gasteiger partial charge in [0.25, 0.3) is 0 Å². The topological polar surface area (TPSA) is 75.4 Å². The summed E-state index contributed by atoms with van der Waals surface area (Å²) in [4.78, 5) is 2.03. The van der Waals surface area contributed by atoms with Gasteiger partial charge in [0, 0.05) is 12.1 Å². The zero-order valence-electron chi connectivity index (χ0n) is 13.4. The number of hydrogen-bond donors (Lipinski definition) is 1. The zero-order valence-corrected chi connectivity index (χ0v) is 14.2. The van der Waals surface area contributed by atoms with Crippen molar-refractivity contribution in [2.45, 2.75) is 39.3 Å². The minimum atomic E-state index is -3.15. The van der Waals surface area contributed by atoms with Gasteiger partial charge in [-0.05, 0) is 38.3 Å². The second kappa shape index (κ2) is 5.70. The third kappa shape index (κ3) is 4.05. The van der Waals surface area contributed by atoms with Crippen molar-refractivity contribution in [1.29, 1.82) is 0 Å². The maximum Gasteiger partial charge on any atom is 0.208 e. The molecule has 1 aliphatic rings. The van der Waals surface area contributed by atoms with Crippen molar-refractivity contribution in [1.82, 2.24) is 14.8 Å². The second-order valence-electron chi connectivity index (χ2n) is 6.92. The first kappa shape index (κ1) is 16.5. The van der Waals surface area contributed by atoms with E-state index in [1.54, 1.807) is 0 Å². The van der Waals surface area contributed by atoms with Crippen molar-refractivity contribution in [2.75, 3.05) is 20.4 Å². The van der Waals surface area contributed by atoms with Crippen LogP contribution in [0.1, 0.15) is 31.7 Å². The lowest BCUT2D eigenvalue weighted by atomic mass is 9.57. The van der Waals surface area contributed by atoms with Crippen LogP contribution in [0, 0.1) is 11.3 Å². The van der Waals surface area contributed by atoms with Gasteiger partial charge in [-0.3, -0.25) is 0 Å². The number of nitrogens with zero attached hydrogens (tertiary/aromatic N) is 2. The molecule has 0 aliphatic heterocycles. The molecule has 1 aliphatic carbocycles. The van der Waals surface area contributed by atoms with Crippen LogP contribution < -0.4 is 4.72 Å². The van der Waals surface area contributed by atoms with Gasteiger partial charge in [-0.25, -0.2) is 13.1 Å². The highest BCUT2D eigenvalue weighted by Crippen LogP contribution is 2.47. The Kier molecular flexibility index (Phi) is 4.46. The summed E-state index contributed by atoms with van der Waals surface area (Å²) in [5.41, 5.74) is 0.881. The van der Waals surface area contributed by atoms with Crippen LogP contribution in [-0.2, 0) is 23.0 Å². The average Bonchev–Trinajstić information content (AvgIpc) is 2.73. The van der Waals surface area contributed by atoms with Crippen LogP contribution in [0.4, 0.5) is 0 Å². The first-order chi connectivity index (χ1) is 9.58. The van der Waals surface area contributed by atoms with E-state index in [-0.39, 0.29) is 11.5 Å². The minimum Gasteiger partial charge on any atom is -0.360 e. The van der Waals surface area contributed by atoms with E-state index in [4.69, 9.17) is 4.52 Å². The highest BCUT2D eigenvalue weighted by atomic mass is 32.2. The van der Waals surface area contributed by atoms with Gasteiger partial charge in [-0.2, -0.15) is 0 Å². The summed E-state index contributed by atoms with van der Waals surface area (Å²) in [7, 11) is 0.819. The molecular formula is C14H25N3O3S. The molecular weight excluding hydrogens is 290 g/mol. The highest BCUT2D eigenvalue weighted by Gasteiger charge is 2.49. The molecule has 7 heteroatoms. The van der Waals surface area contributed by atoms with Gasteiger partial charge in [0.2, 0.25) is 10.0 Å². The molecule has 1 saturated carbocycles. The summed E-state index contributed by atoms with van der Waals surface area (Å²) >= 11 is 0. The maximum absolute atomic E-state index is 11.4. The fourth-order valence-corrected chi connectivity index (χ4v) is 3.83. The van der Waals surface area contributed by atoms with Crippen molar-refractivity contribution >= 4 is 10.0 Å². The molecule has 120 valence electrons.